The van der Waals surface area contributed by atoms with E-state index in [9.17, 15) is 9.90 Å². The highest BCUT2D eigenvalue weighted by Gasteiger charge is 2.32. The minimum absolute atomic E-state index is 0.0945. The van der Waals surface area contributed by atoms with E-state index in [1.54, 1.807) is 0 Å². The summed E-state index contributed by atoms with van der Waals surface area (Å²) in [7, 11) is 0. The molecule has 0 aliphatic carbocycles. The van der Waals surface area contributed by atoms with E-state index < -0.39 is 5.97 Å². The minimum Gasteiger partial charge on any atom is -0.478 e. The van der Waals surface area contributed by atoms with E-state index >= 15 is 0 Å². The third-order valence-corrected chi connectivity index (χ3v) is 4.85. The second-order valence-electron chi connectivity index (χ2n) is 6.29. The summed E-state index contributed by atoms with van der Waals surface area (Å²) in [5.74, 6) is -0.940. The molecule has 1 aromatic heterocycles. The molecule has 1 unspecified atom stereocenters. The smallest absolute Gasteiger partial charge is 0.332 e. The molecule has 0 amide bonds. The second-order valence-corrected chi connectivity index (χ2v) is 6.29. The quantitative estimate of drug-likeness (QED) is 0.713. The van der Waals surface area contributed by atoms with Crippen molar-refractivity contribution in [2.45, 2.75) is 18.9 Å². The number of nitrogens with zero attached hydrogens (tertiary/aromatic N) is 1. The summed E-state index contributed by atoms with van der Waals surface area (Å²) in [5, 5.41) is 10.1. The van der Waals surface area contributed by atoms with Gasteiger partial charge in [0, 0.05) is 24.4 Å². The van der Waals surface area contributed by atoms with Crippen LogP contribution in [0.15, 0.2) is 84.6 Å². The van der Waals surface area contributed by atoms with Gasteiger partial charge in [-0.25, -0.2) is 4.79 Å². The van der Waals surface area contributed by atoms with Crippen molar-refractivity contribution in [3.05, 3.63) is 101 Å². The number of fused-ring (bicyclic) bond motifs is 1. The Morgan fingerprint density at radius 2 is 1.48 bits per heavy atom. The van der Waals surface area contributed by atoms with Crippen LogP contribution >= 0.6 is 0 Å². The molecule has 2 heterocycles. The van der Waals surface area contributed by atoms with E-state index in [-0.39, 0.29) is 5.92 Å². The Morgan fingerprint density at radius 3 is 2.04 bits per heavy atom. The standard InChI is InChI=1S/C22H19NO2/c24-22(25)21(18-13-15-23-14-7-12-19(18)23)20(16-8-3-1-4-9-16)17-10-5-2-6-11-17/h1-12,14,18H,13,15H2,(H,24,25). The second kappa shape index (κ2) is 6.44. The lowest BCUT2D eigenvalue weighted by Gasteiger charge is -2.18. The molecule has 0 fully saturated rings. The molecule has 3 heteroatoms. The topological polar surface area (TPSA) is 42.2 Å². The molecule has 0 bridgehead atoms. The van der Waals surface area contributed by atoms with Gasteiger partial charge in [-0.3, -0.25) is 0 Å². The molecule has 1 aliphatic rings. The van der Waals surface area contributed by atoms with E-state index in [4.69, 9.17) is 0 Å². The number of benzene rings is 2. The first-order valence-corrected chi connectivity index (χ1v) is 8.49. The fourth-order valence-corrected chi connectivity index (χ4v) is 3.77. The molecule has 0 saturated carbocycles. The molecule has 0 radical (unpaired) electrons. The van der Waals surface area contributed by atoms with Gasteiger partial charge in [-0.05, 0) is 35.3 Å². The number of hydrogen-bond donors (Lipinski definition) is 1. The van der Waals surface area contributed by atoms with Gasteiger partial charge in [0.1, 0.15) is 0 Å². The maximum absolute atomic E-state index is 12.3. The first-order valence-electron chi connectivity index (χ1n) is 8.49. The molecule has 0 spiro atoms. The molecule has 0 saturated heterocycles. The van der Waals surface area contributed by atoms with Crippen molar-refractivity contribution < 1.29 is 9.90 Å². The number of carboxylic acid groups (broad SMARTS) is 1. The highest BCUT2D eigenvalue weighted by Crippen LogP contribution is 2.40. The van der Waals surface area contributed by atoms with Crippen LogP contribution in [0.3, 0.4) is 0 Å². The van der Waals surface area contributed by atoms with Gasteiger partial charge in [0.15, 0.2) is 0 Å². The molecule has 1 aliphatic heterocycles. The van der Waals surface area contributed by atoms with Crippen LogP contribution in [0.1, 0.15) is 29.2 Å². The average Bonchev–Trinajstić information content (AvgIpc) is 3.25. The summed E-state index contributed by atoms with van der Waals surface area (Å²) in [6.45, 7) is 0.862. The maximum Gasteiger partial charge on any atom is 0.332 e. The van der Waals surface area contributed by atoms with E-state index in [1.165, 1.54) is 0 Å². The Balaban J connectivity index is 1.98. The molecule has 1 N–H and O–H groups in total. The molecule has 3 nitrogen and oxygen atoms in total. The number of aromatic nitrogens is 1. The Kier molecular flexibility index (Phi) is 3.98. The monoisotopic (exact) mass is 329 g/mol. The number of rotatable bonds is 4. The Bertz CT molecular complexity index is 881. The highest BCUT2D eigenvalue weighted by atomic mass is 16.4. The van der Waals surface area contributed by atoms with Crippen LogP contribution in [0, 0.1) is 0 Å². The summed E-state index contributed by atoms with van der Waals surface area (Å²) in [6, 6.07) is 23.7. The third kappa shape index (κ3) is 2.78. The number of aliphatic carboxylic acids is 1. The van der Waals surface area contributed by atoms with Crippen molar-refractivity contribution in [1.82, 2.24) is 4.57 Å². The largest absolute Gasteiger partial charge is 0.478 e. The lowest BCUT2D eigenvalue weighted by atomic mass is 9.84. The molecule has 25 heavy (non-hydrogen) atoms. The van der Waals surface area contributed by atoms with Crippen LogP contribution in [-0.2, 0) is 11.3 Å². The summed E-state index contributed by atoms with van der Waals surface area (Å²) >= 11 is 0. The van der Waals surface area contributed by atoms with E-state index in [0.29, 0.717) is 5.57 Å². The molecule has 1 atom stereocenters. The van der Waals surface area contributed by atoms with Crippen LogP contribution in [0.25, 0.3) is 5.57 Å². The summed E-state index contributed by atoms with van der Waals surface area (Å²) in [6.07, 6.45) is 2.85. The first-order chi connectivity index (χ1) is 12.3. The molecule has 124 valence electrons. The van der Waals surface area contributed by atoms with Crippen LogP contribution < -0.4 is 0 Å². The molecule has 4 rings (SSSR count). The van der Waals surface area contributed by atoms with Gasteiger partial charge in [-0.15, -0.1) is 0 Å². The van der Waals surface area contributed by atoms with E-state index in [0.717, 1.165) is 35.4 Å². The maximum atomic E-state index is 12.3. The predicted octanol–water partition coefficient (Wildman–Crippen LogP) is 4.56. The number of hydrogen-bond acceptors (Lipinski definition) is 1. The fraction of sp³-hybridized carbons (Fsp3) is 0.136. The van der Waals surface area contributed by atoms with Gasteiger partial charge in [0.2, 0.25) is 0 Å². The Hall–Kier alpha value is -3.07. The lowest BCUT2D eigenvalue weighted by Crippen LogP contribution is -2.13. The van der Waals surface area contributed by atoms with Crippen molar-refractivity contribution in [3.8, 4) is 0 Å². The van der Waals surface area contributed by atoms with Crippen LogP contribution in [0.2, 0.25) is 0 Å². The van der Waals surface area contributed by atoms with E-state index in [2.05, 4.69) is 4.57 Å². The fourth-order valence-electron chi connectivity index (χ4n) is 3.77. The summed E-state index contributed by atoms with van der Waals surface area (Å²) in [5.41, 5.74) is 4.26. The number of carbonyl (C=O) groups is 1. The zero-order valence-corrected chi connectivity index (χ0v) is 13.8. The van der Waals surface area contributed by atoms with Gasteiger partial charge >= 0.3 is 5.97 Å². The van der Waals surface area contributed by atoms with Gasteiger partial charge < -0.3 is 9.67 Å². The molecular weight excluding hydrogens is 310 g/mol. The van der Waals surface area contributed by atoms with Crippen LogP contribution in [-0.4, -0.2) is 15.6 Å². The SMILES string of the molecule is O=C(O)C(=C(c1ccccc1)c1ccccc1)C1CCn2cccc21. The molecular formula is C22H19NO2. The average molecular weight is 329 g/mol. The van der Waals surface area contributed by atoms with Crippen LogP contribution in [0.4, 0.5) is 0 Å². The van der Waals surface area contributed by atoms with Crippen molar-refractivity contribution >= 4 is 11.5 Å². The Morgan fingerprint density at radius 1 is 0.880 bits per heavy atom. The minimum atomic E-state index is -0.845. The van der Waals surface area contributed by atoms with Gasteiger partial charge in [-0.2, -0.15) is 0 Å². The lowest BCUT2D eigenvalue weighted by molar-refractivity contribution is -0.132. The van der Waals surface area contributed by atoms with Gasteiger partial charge in [0.25, 0.3) is 0 Å². The van der Waals surface area contributed by atoms with Gasteiger partial charge in [-0.1, -0.05) is 60.7 Å². The molecule has 3 aromatic rings. The van der Waals surface area contributed by atoms with Gasteiger partial charge in [0.05, 0.1) is 5.57 Å². The zero-order valence-electron chi connectivity index (χ0n) is 13.8. The van der Waals surface area contributed by atoms with Crippen LogP contribution in [0.5, 0.6) is 0 Å². The highest BCUT2D eigenvalue weighted by molar-refractivity contribution is 6.02. The Labute approximate surface area is 146 Å². The van der Waals surface area contributed by atoms with Crippen molar-refractivity contribution in [2.24, 2.45) is 0 Å². The molecule has 2 aromatic carbocycles. The number of carboxylic acids is 1. The summed E-state index contributed by atoms with van der Waals surface area (Å²) in [4.78, 5) is 12.3. The first kappa shape index (κ1) is 15.5. The third-order valence-electron chi connectivity index (χ3n) is 4.85. The summed E-state index contributed by atoms with van der Waals surface area (Å²) < 4.78 is 2.15. The van der Waals surface area contributed by atoms with Crippen molar-refractivity contribution in [3.63, 3.8) is 0 Å². The normalized spacial score (nSPS) is 15.6. The predicted molar refractivity (Wildman–Crippen MR) is 98.3 cm³/mol. The van der Waals surface area contributed by atoms with Crippen molar-refractivity contribution in [1.29, 1.82) is 0 Å². The number of aryl methyl sites for hydroxylation is 1. The van der Waals surface area contributed by atoms with Crippen molar-refractivity contribution in [2.75, 3.05) is 0 Å². The zero-order chi connectivity index (χ0) is 17.2. The van der Waals surface area contributed by atoms with E-state index in [1.807, 2.05) is 79.0 Å².